The molecule has 0 saturated heterocycles. The molecule has 82 heavy (non-hydrogen) atoms. The summed E-state index contributed by atoms with van der Waals surface area (Å²) in [5, 5.41) is 4.46. The molecule has 0 N–H and O–H groups in total. The smallest absolute Gasteiger partial charge is 0.263 e. The Kier molecular flexibility index (Phi) is 12.3. The van der Waals surface area contributed by atoms with Gasteiger partial charge in [0.05, 0.1) is 16.5 Å². The van der Waals surface area contributed by atoms with Crippen LogP contribution < -0.4 is 15.6 Å². The monoisotopic (exact) mass is 1060 g/mol. The van der Waals surface area contributed by atoms with Crippen molar-refractivity contribution in [3.05, 3.63) is 331 Å². The fourth-order valence-electron chi connectivity index (χ4n) is 14.5. The fourth-order valence-corrected chi connectivity index (χ4v) is 14.5. The fraction of sp³-hybridized carbons (Fsp3) is 0.152. The SMILES string of the molecule is C=C1c2cc(Cc3ccc(C4(c5ccc(Cc6ccc7c(=C)n(C(C)CC)c(=C)c7c6)cc5)c5ccccc5-c5ccccc54)cc3)ccc2C(=O)N1c1ccc(C2(c3ccc(C(C)CC)cc3)c3ccccc3-c3ccccc32)cc1. The van der Waals surface area contributed by atoms with E-state index in [0.29, 0.717) is 29.6 Å². The van der Waals surface area contributed by atoms with Crippen molar-refractivity contribution in [2.45, 2.75) is 76.2 Å². The van der Waals surface area contributed by atoms with Crippen LogP contribution in [0.1, 0.15) is 141 Å². The van der Waals surface area contributed by atoms with Gasteiger partial charge in [0, 0.05) is 44.3 Å². The maximum absolute atomic E-state index is 14.5. The molecule has 2 heterocycles. The van der Waals surface area contributed by atoms with Gasteiger partial charge in [-0.3, -0.25) is 9.69 Å². The zero-order valence-corrected chi connectivity index (χ0v) is 47.3. The van der Waals surface area contributed by atoms with E-state index in [-0.39, 0.29) is 5.91 Å². The summed E-state index contributed by atoms with van der Waals surface area (Å²) in [5.74, 6) is 0.425. The van der Waals surface area contributed by atoms with Crippen LogP contribution >= 0.6 is 0 Å². The van der Waals surface area contributed by atoms with Crippen LogP contribution in [0.3, 0.4) is 0 Å². The van der Waals surface area contributed by atoms with Crippen molar-refractivity contribution in [1.29, 1.82) is 0 Å². The summed E-state index contributed by atoms with van der Waals surface area (Å²) in [5.41, 5.74) is 23.2. The highest BCUT2D eigenvalue weighted by Gasteiger charge is 2.47. The summed E-state index contributed by atoms with van der Waals surface area (Å²) >= 11 is 0. The van der Waals surface area contributed by atoms with Gasteiger partial charge in [-0.2, -0.15) is 0 Å². The van der Waals surface area contributed by atoms with Crippen molar-refractivity contribution >= 4 is 41.2 Å². The summed E-state index contributed by atoms with van der Waals surface area (Å²) in [6, 6.07) is 85.6. The summed E-state index contributed by atoms with van der Waals surface area (Å²) in [6.45, 7) is 22.6. The number of fused-ring (bicyclic) bond motifs is 8. The molecule has 0 bridgehead atoms. The van der Waals surface area contributed by atoms with Crippen LogP contribution in [-0.2, 0) is 23.7 Å². The molecule has 3 nitrogen and oxygen atoms in total. The lowest BCUT2D eigenvalue weighted by molar-refractivity contribution is 0.101. The number of amides is 1. The summed E-state index contributed by atoms with van der Waals surface area (Å²) in [6.07, 6.45) is 3.65. The maximum Gasteiger partial charge on any atom is 0.263 e. The molecule has 3 heteroatoms. The molecule has 0 saturated carbocycles. The van der Waals surface area contributed by atoms with Crippen molar-refractivity contribution in [3.8, 4) is 22.3 Å². The van der Waals surface area contributed by atoms with E-state index < -0.39 is 10.8 Å². The average Bonchev–Trinajstić information content (AvgIpc) is 1.86. The number of nitrogens with zero attached hydrogens (tertiary/aromatic N) is 2. The van der Waals surface area contributed by atoms with Crippen LogP contribution in [0, 0.1) is 0 Å². The van der Waals surface area contributed by atoms with Crippen LogP contribution in [0.25, 0.3) is 51.9 Å². The Balaban J connectivity index is 0.755. The minimum atomic E-state index is -0.534. The van der Waals surface area contributed by atoms with Crippen molar-refractivity contribution in [3.63, 3.8) is 0 Å². The number of anilines is 1. The van der Waals surface area contributed by atoms with Crippen molar-refractivity contribution in [1.82, 2.24) is 4.57 Å². The van der Waals surface area contributed by atoms with Crippen LogP contribution in [0.5, 0.6) is 0 Å². The number of carbonyl (C=O) groups excluding carboxylic acids is 1. The molecule has 2 unspecified atom stereocenters. The van der Waals surface area contributed by atoms with E-state index in [1.54, 1.807) is 4.90 Å². The van der Waals surface area contributed by atoms with Crippen LogP contribution in [0.2, 0.25) is 0 Å². The van der Waals surface area contributed by atoms with E-state index in [0.717, 1.165) is 52.3 Å². The number of benzene rings is 10. The third-order valence-corrected chi connectivity index (χ3v) is 19.0. The molecule has 3 aliphatic rings. The molecule has 14 rings (SSSR count). The minimum absolute atomic E-state index is 0.0549. The molecular weight excluding hydrogens is 993 g/mol. The van der Waals surface area contributed by atoms with Crippen LogP contribution in [0.4, 0.5) is 5.69 Å². The van der Waals surface area contributed by atoms with Crippen molar-refractivity contribution in [2.24, 2.45) is 0 Å². The molecule has 2 atom stereocenters. The molecule has 1 aromatic heterocycles. The predicted octanol–water partition coefficient (Wildman–Crippen LogP) is 17.5. The zero-order chi connectivity index (χ0) is 56.0. The Hall–Kier alpha value is -9.31. The van der Waals surface area contributed by atoms with E-state index in [1.807, 2.05) is 6.07 Å². The van der Waals surface area contributed by atoms with E-state index >= 15 is 0 Å². The first-order valence-corrected chi connectivity index (χ1v) is 29.3. The molecule has 0 spiro atoms. The van der Waals surface area contributed by atoms with Gasteiger partial charge in [-0.1, -0.05) is 241 Å². The van der Waals surface area contributed by atoms with Crippen LogP contribution in [-0.4, -0.2) is 10.5 Å². The molecule has 0 fully saturated rings. The molecule has 11 aromatic rings. The van der Waals surface area contributed by atoms with Crippen LogP contribution in [0.15, 0.2) is 237 Å². The number of rotatable bonds is 13. The Morgan fingerprint density at radius 2 is 0.805 bits per heavy atom. The Morgan fingerprint density at radius 3 is 1.27 bits per heavy atom. The number of hydrogen-bond donors (Lipinski definition) is 0. The topological polar surface area (TPSA) is 25.2 Å². The molecule has 10 aromatic carbocycles. The summed E-state index contributed by atoms with van der Waals surface area (Å²) < 4.78 is 2.30. The quantitative estimate of drug-likeness (QED) is 0.113. The average molecular weight is 1060 g/mol. The Bertz CT molecular complexity index is 4370. The first kappa shape index (κ1) is 50.9. The minimum Gasteiger partial charge on any atom is -0.339 e. The van der Waals surface area contributed by atoms with Gasteiger partial charge >= 0.3 is 0 Å². The van der Waals surface area contributed by atoms with Gasteiger partial charge in [0.15, 0.2) is 0 Å². The van der Waals surface area contributed by atoms with E-state index in [4.69, 9.17) is 0 Å². The highest BCUT2D eigenvalue weighted by Crippen LogP contribution is 2.58. The van der Waals surface area contributed by atoms with Gasteiger partial charge in [-0.25, -0.2) is 0 Å². The second kappa shape index (κ2) is 19.7. The Labute approximate surface area is 482 Å². The normalized spacial score (nSPS) is 15.0. The van der Waals surface area contributed by atoms with Gasteiger partial charge in [0.25, 0.3) is 5.91 Å². The lowest BCUT2D eigenvalue weighted by Gasteiger charge is -2.34. The number of hydrogen-bond acceptors (Lipinski definition) is 1. The standard InChI is InChI=1S/C79H66N2O/c1-8-50(3)59-32-38-62(39-33-59)79(75-24-16-12-20-68(75)69-21-13-17-25-76(69)79)63-40-42-64(43-41-63)81-54(7)72-49-58(31-45-70(72)77(81)82)47-56-28-36-61(37-29-56)78(73-22-14-10-18-66(73)67-19-11-15-23-74(67)78)60-34-26-55(27-35-60)46-57-30-44-65-52(5)80(51(4)9-2)53(6)71(65)48-57/h10-45,48-51H,5-9,46-47H2,1-4H3. The maximum atomic E-state index is 14.5. The van der Waals surface area contributed by atoms with E-state index in [2.05, 4.69) is 276 Å². The Morgan fingerprint density at radius 1 is 0.402 bits per heavy atom. The van der Waals surface area contributed by atoms with Gasteiger partial charge in [-0.05, 0) is 163 Å². The number of carbonyl (C=O) groups is 1. The van der Waals surface area contributed by atoms with Gasteiger partial charge in [-0.15, -0.1) is 0 Å². The van der Waals surface area contributed by atoms with Gasteiger partial charge < -0.3 is 4.57 Å². The van der Waals surface area contributed by atoms with E-state index in [1.165, 1.54) is 94.2 Å². The van der Waals surface area contributed by atoms with Crippen molar-refractivity contribution in [2.75, 3.05) is 4.90 Å². The van der Waals surface area contributed by atoms with Gasteiger partial charge in [0.1, 0.15) is 0 Å². The first-order chi connectivity index (χ1) is 40.0. The second-order valence-electron chi connectivity index (χ2n) is 23.3. The zero-order valence-electron chi connectivity index (χ0n) is 47.3. The largest absolute Gasteiger partial charge is 0.339 e. The van der Waals surface area contributed by atoms with Crippen molar-refractivity contribution < 1.29 is 4.79 Å². The lowest BCUT2D eigenvalue weighted by atomic mass is 9.67. The highest BCUT2D eigenvalue weighted by atomic mass is 16.2. The molecule has 1 aliphatic heterocycles. The van der Waals surface area contributed by atoms with E-state index in [9.17, 15) is 4.79 Å². The second-order valence-corrected chi connectivity index (χ2v) is 23.3. The highest BCUT2D eigenvalue weighted by molar-refractivity contribution is 6.22. The molecule has 1 amide bonds. The molecular formula is C79H66N2O. The number of aromatic nitrogens is 1. The molecule has 0 radical (unpaired) electrons. The predicted molar refractivity (Wildman–Crippen MR) is 341 cm³/mol. The molecule has 398 valence electrons. The van der Waals surface area contributed by atoms with Gasteiger partial charge in [0.2, 0.25) is 0 Å². The third-order valence-electron chi connectivity index (χ3n) is 19.0. The molecule has 2 aliphatic carbocycles. The first-order valence-electron chi connectivity index (χ1n) is 29.3. The third kappa shape index (κ3) is 7.59. The summed E-state index contributed by atoms with van der Waals surface area (Å²) in [4.78, 5) is 16.3. The summed E-state index contributed by atoms with van der Waals surface area (Å²) in [7, 11) is 0. The lowest BCUT2D eigenvalue weighted by Crippen LogP contribution is -2.29.